The van der Waals surface area contributed by atoms with Gasteiger partial charge in [-0.05, 0) is 0 Å². The number of halogens is 1. The molecule has 110 valence electrons. The van der Waals surface area contributed by atoms with E-state index < -0.39 is 30.1 Å². The van der Waals surface area contributed by atoms with Gasteiger partial charge in [0.25, 0.3) is 0 Å². The fourth-order valence-corrected chi connectivity index (χ4v) is 1.51. The molecular formula is C11H17BrO7. The Bertz CT molecular complexity index is 318. The van der Waals surface area contributed by atoms with Gasteiger partial charge in [-0.2, -0.15) is 0 Å². The molecule has 0 spiro atoms. The molecule has 0 aliphatic rings. The SMILES string of the molecule is CC(=O)OC[C@H](OCBr)[C@H](COC(C)=O)OC(C)=O. The van der Waals surface area contributed by atoms with E-state index in [9.17, 15) is 14.4 Å². The van der Waals surface area contributed by atoms with Crippen molar-refractivity contribution in [1.82, 2.24) is 0 Å². The average molecular weight is 341 g/mol. The van der Waals surface area contributed by atoms with Gasteiger partial charge in [0.15, 0.2) is 6.10 Å². The molecule has 0 aliphatic carbocycles. The molecule has 2 atom stereocenters. The molecule has 0 bridgehead atoms. The molecule has 7 nitrogen and oxygen atoms in total. The lowest BCUT2D eigenvalue weighted by molar-refractivity contribution is -0.171. The third-order valence-electron chi connectivity index (χ3n) is 1.91. The van der Waals surface area contributed by atoms with Crippen molar-refractivity contribution >= 4 is 33.8 Å². The number of ether oxygens (including phenoxy) is 4. The Morgan fingerprint density at radius 3 is 1.74 bits per heavy atom. The summed E-state index contributed by atoms with van der Waals surface area (Å²) < 4.78 is 19.8. The fraction of sp³-hybridized carbons (Fsp3) is 0.727. The smallest absolute Gasteiger partial charge is 0.303 e. The number of alkyl halides is 1. The van der Waals surface area contributed by atoms with Crippen LogP contribution in [-0.4, -0.2) is 48.8 Å². The van der Waals surface area contributed by atoms with E-state index in [1.54, 1.807) is 0 Å². The molecule has 0 unspecified atom stereocenters. The highest BCUT2D eigenvalue weighted by atomic mass is 79.9. The van der Waals surface area contributed by atoms with Crippen molar-refractivity contribution in [2.45, 2.75) is 33.0 Å². The van der Waals surface area contributed by atoms with Gasteiger partial charge in [-0.1, -0.05) is 15.9 Å². The van der Waals surface area contributed by atoms with E-state index in [1.165, 1.54) is 20.8 Å². The molecule has 0 aromatic heterocycles. The summed E-state index contributed by atoms with van der Waals surface area (Å²) in [6.07, 6.45) is -1.58. The van der Waals surface area contributed by atoms with Crippen LogP contribution in [0.5, 0.6) is 0 Å². The van der Waals surface area contributed by atoms with Crippen molar-refractivity contribution < 1.29 is 33.3 Å². The van der Waals surface area contributed by atoms with Crippen molar-refractivity contribution in [3.63, 3.8) is 0 Å². The first-order valence-electron chi connectivity index (χ1n) is 5.48. The maximum atomic E-state index is 11.0. The molecule has 0 saturated carbocycles. The van der Waals surface area contributed by atoms with Gasteiger partial charge in [0, 0.05) is 20.8 Å². The molecule has 0 aromatic carbocycles. The Morgan fingerprint density at radius 2 is 1.37 bits per heavy atom. The van der Waals surface area contributed by atoms with Crippen LogP contribution in [0.1, 0.15) is 20.8 Å². The van der Waals surface area contributed by atoms with Crippen LogP contribution >= 0.6 is 15.9 Å². The molecule has 0 N–H and O–H groups in total. The van der Waals surface area contributed by atoms with Crippen LogP contribution in [0.4, 0.5) is 0 Å². The molecule has 0 saturated heterocycles. The van der Waals surface area contributed by atoms with Gasteiger partial charge < -0.3 is 18.9 Å². The second-order valence-electron chi connectivity index (χ2n) is 3.57. The lowest BCUT2D eigenvalue weighted by atomic mass is 10.2. The van der Waals surface area contributed by atoms with E-state index in [-0.39, 0.29) is 18.7 Å². The van der Waals surface area contributed by atoms with E-state index in [4.69, 9.17) is 18.9 Å². The van der Waals surface area contributed by atoms with Crippen molar-refractivity contribution in [1.29, 1.82) is 0 Å². The lowest BCUT2D eigenvalue weighted by Gasteiger charge is -2.25. The summed E-state index contributed by atoms with van der Waals surface area (Å²) in [6, 6.07) is 0. The van der Waals surface area contributed by atoms with Crippen molar-refractivity contribution in [3.05, 3.63) is 0 Å². The standard InChI is InChI=1S/C11H17BrO7/c1-7(13)16-4-10(18-6-12)11(19-9(3)15)5-17-8(2)14/h10-11H,4-6H2,1-3H3/t10-,11-/m0/s1. The van der Waals surface area contributed by atoms with Crippen molar-refractivity contribution in [2.75, 3.05) is 18.7 Å². The van der Waals surface area contributed by atoms with Crippen LogP contribution in [0.3, 0.4) is 0 Å². The molecule has 19 heavy (non-hydrogen) atoms. The topological polar surface area (TPSA) is 88.1 Å². The minimum atomic E-state index is -0.849. The largest absolute Gasteiger partial charge is 0.463 e. The Morgan fingerprint density at radius 1 is 0.895 bits per heavy atom. The molecule has 0 radical (unpaired) electrons. The number of esters is 3. The summed E-state index contributed by atoms with van der Waals surface area (Å²) in [5, 5.41) is 0. The summed E-state index contributed by atoms with van der Waals surface area (Å²) in [6.45, 7) is 3.42. The monoisotopic (exact) mass is 340 g/mol. The van der Waals surface area contributed by atoms with Crippen LogP contribution in [0.2, 0.25) is 0 Å². The Hall–Kier alpha value is -1.15. The highest BCUT2D eigenvalue weighted by molar-refractivity contribution is 9.09. The second kappa shape index (κ2) is 9.74. The van der Waals surface area contributed by atoms with E-state index in [0.29, 0.717) is 0 Å². The predicted molar refractivity (Wildman–Crippen MR) is 67.5 cm³/mol. The number of hydrogen-bond acceptors (Lipinski definition) is 7. The van der Waals surface area contributed by atoms with Crippen LogP contribution in [-0.2, 0) is 33.3 Å². The zero-order valence-corrected chi connectivity index (χ0v) is 12.6. The number of carbonyl (C=O) groups excluding carboxylic acids is 3. The zero-order valence-electron chi connectivity index (χ0n) is 11.0. The van der Waals surface area contributed by atoms with Gasteiger partial charge in [-0.25, -0.2) is 0 Å². The third-order valence-corrected chi connectivity index (χ3v) is 2.18. The molecule has 0 aromatic rings. The van der Waals surface area contributed by atoms with Crippen molar-refractivity contribution in [3.8, 4) is 0 Å². The van der Waals surface area contributed by atoms with E-state index in [1.807, 2.05) is 0 Å². The van der Waals surface area contributed by atoms with Gasteiger partial charge in [-0.3, -0.25) is 14.4 Å². The van der Waals surface area contributed by atoms with Gasteiger partial charge in [0.1, 0.15) is 24.8 Å². The maximum absolute atomic E-state index is 11.0. The molecule has 0 aliphatic heterocycles. The molecule has 0 fully saturated rings. The molecule has 8 heteroatoms. The van der Waals surface area contributed by atoms with Crippen molar-refractivity contribution in [2.24, 2.45) is 0 Å². The van der Waals surface area contributed by atoms with Crippen LogP contribution < -0.4 is 0 Å². The summed E-state index contributed by atoms with van der Waals surface area (Å²) in [5.41, 5.74) is 0.150. The molecule has 0 amide bonds. The average Bonchev–Trinajstić information content (AvgIpc) is 2.29. The van der Waals surface area contributed by atoms with Gasteiger partial charge in [0.05, 0.1) is 0 Å². The number of hydrogen-bond donors (Lipinski definition) is 0. The number of carbonyl (C=O) groups is 3. The van der Waals surface area contributed by atoms with E-state index >= 15 is 0 Å². The van der Waals surface area contributed by atoms with E-state index in [2.05, 4.69) is 15.9 Å². The molecule has 0 heterocycles. The zero-order chi connectivity index (χ0) is 14.8. The van der Waals surface area contributed by atoms with E-state index in [0.717, 1.165) is 0 Å². The first-order chi connectivity index (χ1) is 8.86. The predicted octanol–water partition coefficient (Wildman–Crippen LogP) is 0.782. The highest BCUT2D eigenvalue weighted by Gasteiger charge is 2.27. The van der Waals surface area contributed by atoms with Crippen LogP contribution in [0.15, 0.2) is 0 Å². The third kappa shape index (κ3) is 9.43. The summed E-state index contributed by atoms with van der Waals surface area (Å²) in [5.74, 6) is -1.55. The molecular weight excluding hydrogens is 324 g/mol. The number of rotatable bonds is 8. The van der Waals surface area contributed by atoms with Crippen LogP contribution in [0, 0.1) is 0 Å². The van der Waals surface area contributed by atoms with Gasteiger partial charge in [0.2, 0.25) is 0 Å². The quantitative estimate of drug-likeness (QED) is 0.366. The van der Waals surface area contributed by atoms with Gasteiger partial charge in [-0.15, -0.1) is 0 Å². The first-order valence-corrected chi connectivity index (χ1v) is 6.60. The Balaban J connectivity index is 4.63. The Labute approximate surface area is 119 Å². The first kappa shape index (κ1) is 17.8. The Kier molecular flexibility index (Phi) is 9.15. The lowest BCUT2D eigenvalue weighted by Crippen LogP contribution is -2.40. The summed E-state index contributed by atoms with van der Waals surface area (Å²) in [4.78, 5) is 32.6. The second-order valence-corrected chi connectivity index (χ2v) is 4.03. The van der Waals surface area contributed by atoms with Crippen LogP contribution in [0.25, 0.3) is 0 Å². The minimum Gasteiger partial charge on any atom is -0.463 e. The summed E-state index contributed by atoms with van der Waals surface area (Å²) >= 11 is 3.06. The minimum absolute atomic E-state index is 0.111. The molecule has 0 rings (SSSR count). The van der Waals surface area contributed by atoms with Gasteiger partial charge >= 0.3 is 17.9 Å². The highest BCUT2D eigenvalue weighted by Crippen LogP contribution is 2.09. The maximum Gasteiger partial charge on any atom is 0.303 e. The normalized spacial score (nSPS) is 13.3. The summed E-state index contributed by atoms with van der Waals surface area (Å²) in [7, 11) is 0. The fourth-order valence-electron chi connectivity index (χ4n) is 1.17.